The van der Waals surface area contributed by atoms with E-state index in [2.05, 4.69) is 29.8 Å². The third-order valence-corrected chi connectivity index (χ3v) is 6.09. The summed E-state index contributed by atoms with van der Waals surface area (Å²) in [7, 11) is 1.97. The summed E-state index contributed by atoms with van der Waals surface area (Å²) < 4.78 is 5.81. The molecule has 19 heavy (non-hydrogen) atoms. The third kappa shape index (κ3) is 2.99. The van der Waals surface area contributed by atoms with Crippen LogP contribution in [0.5, 0.6) is 0 Å². The standard InChI is InChI=1S/C15H26BrNO2/c1-9-10(2)19-11(3)14(9)15(18)17(4)13-8-6-5-7-12(13)16/h9-14H,5-8H2,1-4H3. The van der Waals surface area contributed by atoms with Crippen LogP contribution in [0, 0.1) is 11.8 Å². The van der Waals surface area contributed by atoms with E-state index in [0.29, 0.717) is 16.8 Å². The Labute approximate surface area is 125 Å². The molecule has 4 heteroatoms. The van der Waals surface area contributed by atoms with Crippen molar-refractivity contribution in [1.29, 1.82) is 0 Å². The van der Waals surface area contributed by atoms with Gasteiger partial charge in [0.05, 0.1) is 18.1 Å². The number of carbonyl (C=O) groups is 1. The van der Waals surface area contributed by atoms with Crippen LogP contribution in [0.1, 0.15) is 46.5 Å². The van der Waals surface area contributed by atoms with E-state index in [1.807, 2.05) is 18.9 Å². The van der Waals surface area contributed by atoms with Crippen molar-refractivity contribution in [2.45, 2.75) is 69.5 Å². The molecule has 0 aromatic heterocycles. The molecule has 1 aliphatic carbocycles. The van der Waals surface area contributed by atoms with Crippen molar-refractivity contribution in [3.8, 4) is 0 Å². The van der Waals surface area contributed by atoms with Gasteiger partial charge in [-0.05, 0) is 32.6 Å². The molecule has 0 N–H and O–H groups in total. The first kappa shape index (κ1) is 15.3. The van der Waals surface area contributed by atoms with E-state index in [1.54, 1.807) is 0 Å². The zero-order chi connectivity index (χ0) is 14.2. The minimum absolute atomic E-state index is 0.0154. The topological polar surface area (TPSA) is 29.5 Å². The summed E-state index contributed by atoms with van der Waals surface area (Å²) in [6.07, 6.45) is 5.01. The summed E-state index contributed by atoms with van der Waals surface area (Å²) in [5, 5.41) is 0. The van der Waals surface area contributed by atoms with Gasteiger partial charge in [0.2, 0.25) is 5.91 Å². The number of alkyl halides is 1. The van der Waals surface area contributed by atoms with Gasteiger partial charge < -0.3 is 9.64 Å². The average molecular weight is 332 g/mol. The van der Waals surface area contributed by atoms with E-state index in [9.17, 15) is 4.79 Å². The Kier molecular flexibility index (Phi) is 4.93. The fourth-order valence-electron chi connectivity index (χ4n) is 3.59. The first-order chi connectivity index (χ1) is 8.93. The van der Waals surface area contributed by atoms with Gasteiger partial charge in [0, 0.05) is 17.9 Å². The van der Waals surface area contributed by atoms with E-state index >= 15 is 0 Å². The molecule has 6 atom stereocenters. The van der Waals surface area contributed by atoms with Crippen molar-refractivity contribution in [2.24, 2.45) is 11.8 Å². The van der Waals surface area contributed by atoms with Crippen LogP contribution in [-0.2, 0) is 9.53 Å². The molecule has 0 spiro atoms. The molecular weight excluding hydrogens is 306 g/mol. The minimum Gasteiger partial charge on any atom is -0.374 e. The van der Waals surface area contributed by atoms with Crippen LogP contribution in [0.2, 0.25) is 0 Å². The summed E-state index contributed by atoms with van der Waals surface area (Å²) in [5.74, 6) is 0.588. The van der Waals surface area contributed by atoms with Crippen LogP contribution in [-0.4, -0.2) is 40.9 Å². The maximum absolute atomic E-state index is 12.8. The van der Waals surface area contributed by atoms with E-state index in [-0.39, 0.29) is 24.0 Å². The van der Waals surface area contributed by atoms with Gasteiger partial charge in [0.1, 0.15) is 0 Å². The number of hydrogen-bond donors (Lipinski definition) is 0. The Morgan fingerprint density at radius 1 is 1.16 bits per heavy atom. The molecule has 1 saturated heterocycles. The molecule has 0 aromatic rings. The fourth-order valence-corrected chi connectivity index (χ4v) is 4.54. The lowest BCUT2D eigenvalue weighted by molar-refractivity contribution is -0.139. The number of carbonyl (C=O) groups excluding carboxylic acids is 1. The van der Waals surface area contributed by atoms with Crippen molar-refractivity contribution < 1.29 is 9.53 Å². The highest BCUT2D eigenvalue weighted by Crippen LogP contribution is 2.35. The number of rotatable bonds is 2. The van der Waals surface area contributed by atoms with Gasteiger partial charge in [-0.25, -0.2) is 0 Å². The van der Waals surface area contributed by atoms with Gasteiger partial charge in [0.25, 0.3) is 0 Å². The van der Waals surface area contributed by atoms with Crippen LogP contribution < -0.4 is 0 Å². The van der Waals surface area contributed by atoms with Gasteiger partial charge in [-0.3, -0.25) is 4.79 Å². The number of halogens is 1. The van der Waals surface area contributed by atoms with Crippen molar-refractivity contribution in [3.63, 3.8) is 0 Å². The van der Waals surface area contributed by atoms with Crippen LogP contribution in [0.3, 0.4) is 0 Å². The molecule has 1 amide bonds. The molecule has 2 aliphatic rings. The number of ether oxygens (including phenoxy) is 1. The van der Waals surface area contributed by atoms with Crippen molar-refractivity contribution in [3.05, 3.63) is 0 Å². The Balaban J connectivity index is 2.06. The van der Waals surface area contributed by atoms with Crippen LogP contribution in [0.25, 0.3) is 0 Å². The van der Waals surface area contributed by atoms with Crippen molar-refractivity contribution in [1.82, 2.24) is 4.90 Å². The second-order valence-corrected chi connectivity index (χ2v) is 7.42. The van der Waals surface area contributed by atoms with Crippen LogP contribution >= 0.6 is 15.9 Å². The Hall–Kier alpha value is -0.0900. The highest BCUT2D eigenvalue weighted by atomic mass is 79.9. The quantitative estimate of drug-likeness (QED) is 0.727. The van der Waals surface area contributed by atoms with Gasteiger partial charge in [-0.1, -0.05) is 35.7 Å². The lowest BCUT2D eigenvalue weighted by atomic mass is 9.87. The highest BCUT2D eigenvalue weighted by molar-refractivity contribution is 9.09. The summed E-state index contributed by atoms with van der Waals surface area (Å²) in [4.78, 5) is 15.2. The lowest BCUT2D eigenvalue weighted by Gasteiger charge is -2.37. The normalized spacial score (nSPS) is 43.2. The minimum atomic E-state index is 0.0154. The first-order valence-electron chi connectivity index (χ1n) is 7.49. The highest BCUT2D eigenvalue weighted by Gasteiger charge is 2.44. The number of nitrogens with zero attached hydrogens (tertiary/aromatic N) is 1. The molecule has 0 radical (unpaired) electrons. The molecule has 2 fully saturated rings. The molecular formula is C15H26BrNO2. The van der Waals surface area contributed by atoms with Crippen molar-refractivity contribution in [2.75, 3.05) is 7.05 Å². The van der Waals surface area contributed by atoms with E-state index in [4.69, 9.17) is 4.74 Å². The predicted octanol–water partition coefficient (Wildman–Crippen LogP) is 3.21. The maximum atomic E-state index is 12.8. The molecule has 3 nitrogen and oxygen atoms in total. The van der Waals surface area contributed by atoms with Gasteiger partial charge in [0.15, 0.2) is 0 Å². The predicted molar refractivity (Wildman–Crippen MR) is 80.4 cm³/mol. The Morgan fingerprint density at radius 3 is 2.32 bits per heavy atom. The van der Waals surface area contributed by atoms with Gasteiger partial charge in [-0.2, -0.15) is 0 Å². The molecule has 1 saturated carbocycles. The summed E-state index contributed by atoms with van der Waals surface area (Å²) in [6.45, 7) is 6.24. The molecule has 6 unspecified atom stereocenters. The fraction of sp³-hybridized carbons (Fsp3) is 0.933. The summed E-state index contributed by atoms with van der Waals surface area (Å²) >= 11 is 3.75. The first-order valence-corrected chi connectivity index (χ1v) is 8.41. The third-order valence-electron chi connectivity index (χ3n) is 5.02. The summed E-state index contributed by atoms with van der Waals surface area (Å²) in [6, 6.07) is 0.344. The molecule has 0 aromatic carbocycles. The zero-order valence-electron chi connectivity index (χ0n) is 12.4. The van der Waals surface area contributed by atoms with E-state index in [1.165, 1.54) is 19.3 Å². The molecule has 2 rings (SSSR count). The zero-order valence-corrected chi connectivity index (χ0v) is 14.0. The van der Waals surface area contributed by atoms with Crippen LogP contribution in [0.15, 0.2) is 0 Å². The summed E-state index contributed by atoms with van der Waals surface area (Å²) in [5.41, 5.74) is 0. The van der Waals surface area contributed by atoms with Gasteiger partial charge >= 0.3 is 0 Å². The molecule has 110 valence electrons. The largest absolute Gasteiger partial charge is 0.374 e. The Morgan fingerprint density at radius 2 is 1.79 bits per heavy atom. The molecule has 0 bridgehead atoms. The van der Waals surface area contributed by atoms with E-state index in [0.717, 1.165) is 6.42 Å². The maximum Gasteiger partial charge on any atom is 0.228 e. The monoisotopic (exact) mass is 331 g/mol. The smallest absolute Gasteiger partial charge is 0.228 e. The average Bonchev–Trinajstić information content (AvgIpc) is 2.62. The van der Waals surface area contributed by atoms with Gasteiger partial charge in [-0.15, -0.1) is 0 Å². The van der Waals surface area contributed by atoms with Crippen molar-refractivity contribution >= 4 is 21.8 Å². The number of amides is 1. The lowest BCUT2D eigenvalue weighted by Crippen LogP contribution is -2.48. The van der Waals surface area contributed by atoms with E-state index < -0.39 is 0 Å². The molecule has 1 heterocycles. The van der Waals surface area contributed by atoms with Crippen LogP contribution in [0.4, 0.5) is 0 Å². The molecule has 1 aliphatic heterocycles. The number of hydrogen-bond acceptors (Lipinski definition) is 2. The Bertz CT molecular complexity index is 336. The second-order valence-electron chi connectivity index (χ2n) is 6.25. The SMILES string of the molecule is CC1OC(C)C(C(=O)N(C)C2CCCCC2Br)C1C. The second kappa shape index (κ2) is 6.13.